The summed E-state index contributed by atoms with van der Waals surface area (Å²) in [6.07, 6.45) is 7.79. The molecule has 8 nitrogen and oxygen atoms in total. The minimum Gasteiger partial charge on any atom is -0.474 e. The quantitative estimate of drug-likeness (QED) is 0.849. The fraction of sp³-hybridized carbons (Fsp3) is 0.444. The Kier molecular flexibility index (Phi) is 5.50. The second kappa shape index (κ2) is 7.99. The number of hydrogen-bond donors (Lipinski definition) is 1. The number of carbonyl (C=O) groups is 1. The molecular formula is C18H23N5O3. The normalized spacial score (nSPS) is 14.1. The number of nitrogens with zero attached hydrogens (tertiary/aromatic N) is 4. The van der Waals surface area contributed by atoms with Crippen LogP contribution in [0.1, 0.15) is 36.0 Å². The zero-order valence-electron chi connectivity index (χ0n) is 15.2. The lowest BCUT2D eigenvalue weighted by atomic mass is 10.2. The highest BCUT2D eigenvalue weighted by atomic mass is 16.5. The Morgan fingerprint density at radius 2 is 1.96 bits per heavy atom. The molecule has 1 amide bonds. The van der Waals surface area contributed by atoms with E-state index in [2.05, 4.69) is 20.3 Å². The molecule has 1 fully saturated rings. The summed E-state index contributed by atoms with van der Waals surface area (Å²) in [5, 5.41) is 2.81. The van der Waals surface area contributed by atoms with Gasteiger partial charge in [-0.2, -0.15) is 4.98 Å². The third kappa shape index (κ3) is 4.19. The van der Waals surface area contributed by atoms with Crippen LogP contribution < -0.4 is 19.7 Å². The van der Waals surface area contributed by atoms with Crippen LogP contribution in [-0.2, 0) is 0 Å². The summed E-state index contributed by atoms with van der Waals surface area (Å²) in [5.74, 6) is 0.816. The van der Waals surface area contributed by atoms with E-state index < -0.39 is 0 Å². The lowest BCUT2D eigenvalue weighted by Gasteiger charge is -2.17. The van der Waals surface area contributed by atoms with Gasteiger partial charge in [-0.05, 0) is 31.7 Å². The van der Waals surface area contributed by atoms with Crippen molar-refractivity contribution in [1.29, 1.82) is 0 Å². The molecule has 2 aromatic rings. The van der Waals surface area contributed by atoms with Crippen LogP contribution in [0, 0.1) is 0 Å². The van der Waals surface area contributed by atoms with Crippen LogP contribution in [0.15, 0.2) is 24.5 Å². The summed E-state index contributed by atoms with van der Waals surface area (Å²) in [7, 11) is 5.15. The molecule has 26 heavy (non-hydrogen) atoms. The molecule has 0 radical (unpaired) electrons. The van der Waals surface area contributed by atoms with E-state index in [4.69, 9.17) is 9.47 Å². The molecule has 0 bridgehead atoms. The average molecular weight is 357 g/mol. The summed E-state index contributed by atoms with van der Waals surface area (Å²) in [6, 6.07) is 3.67. The summed E-state index contributed by atoms with van der Waals surface area (Å²) in [6.45, 7) is 0. The Labute approximate surface area is 152 Å². The summed E-state index contributed by atoms with van der Waals surface area (Å²) >= 11 is 0. The van der Waals surface area contributed by atoms with Gasteiger partial charge < -0.3 is 19.7 Å². The van der Waals surface area contributed by atoms with E-state index in [9.17, 15) is 4.79 Å². The fourth-order valence-corrected chi connectivity index (χ4v) is 2.84. The Bertz CT molecular complexity index is 758. The van der Waals surface area contributed by atoms with Gasteiger partial charge in [-0.1, -0.05) is 0 Å². The molecule has 1 N–H and O–H groups in total. The van der Waals surface area contributed by atoms with E-state index in [0.717, 1.165) is 12.8 Å². The van der Waals surface area contributed by atoms with Gasteiger partial charge in [0.25, 0.3) is 5.91 Å². The third-order valence-corrected chi connectivity index (χ3v) is 4.19. The predicted octanol–water partition coefficient (Wildman–Crippen LogP) is 2.52. The SMILES string of the molecule is COc1ncc(NC(=O)c2ccc(OC3CCCC3)nc2)c(N(C)C)n1. The molecule has 0 spiro atoms. The Morgan fingerprint density at radius 1 is 1.19 bits per heavy atom. The third-order valence-electron chi connectivity index (χ3n) is 4.19. The van der Waals surface area contributed by atoms with E-state index >= 15 is 0 Å². The lowest BCUT2D eigenvalue weighted by molar-refractivity contribution is 0.102. The molecule has 8 heteroatoms. The number of aromatic nitrogens is 3. The molecule has 3 rings (SSSR count). The van der Waals surface area contributed by atoms with Crippen molar-refractivity contribution in [1.82, 2.24) is 15.0 Å². The molecule has 1 aliphatic carbocycles. The molecule has 0 saturated heterocycles. The van der Waals surface area contributed by atoms with Crippen LogP contribution in [0.25, 0.3) is 0 Å². The summed E-state index contributed by atoms with van der Waals surface area (Å²) in [5.41, 5.74) is 0.927. The zero-order valence-corrected chi connectivity index (χ0v) is 15.2. The van der Waals surface area contributed by atoms with E-state index in [1.807, 2.05) is 14.1 Å². The largest absolute Gasteiger partial charge is 0.474 e. The number of carbonyl (C=O) groups excluding carboxylic acids is 1. The molecule has 1 saturated carbocycles. The maximum absolute atomic E-state index is 12.5. The number of anilines is 2. The monoisotopic (exact) mass is 357 g/mol. The van der Waals surface area contributed by atoms with Gasteiger partial charge >= 0.3 is 6.01 Å². The Balaban J connectivity index is 1.69. The highest BCUT2D eigenvalue weighted by molar-refractivity contribution is 6.05. The van der Waals surface area contributed by atoms with Crippen molar-refractivity contribution in [2.24, 2.45) is 0 Å². The van der Waals surface area contributed by atoms with Crippen LogP contribution in [0.5, 0.6) is 11.9 Å². The minimum atomic E-state index is -0.290. The number of methoxy groups -OCH3 is 1. The number of amides is 1. The van der Waals surface area contributed by atoms with Crippen molar-refractivity contribution in [3.8, 4) is 11.9 Å². The molecule has 2 heterocycles. The van der Waals surface area contributed by atoms with Gasteiger partial charge in [0.05, 0.1) is 18.9 Å². The molecule has 1 aliphatic rings. The van der Waals surface area contributed by atoms with Gasteiger partial charge in [-0.15, -0.1) is 0 Å². The second-order valence-electron chi connectivity index (χ2n) is 6.35. The molecular weight excluding hydrogens is 334 g/mol. The van der Waals surface area contributed by atoms with E-state index in [1.165, 1.54) is 32.3 Å². The average Bonchev–Trinajstić information content (AvgIpc) is 3.15. The van der Waals surface area contributed by atoms with Crippen LogP contribution in [0.4, 0.5) is 11.5 Å². The summed E-state index contributed by atoms with van der Waals surface area (Å²) in [4.78, 5) is 26.8. The Hall–Kier alpha value is -2.90. The lowest BCUT2D eigenvalue weighted by Crippen LogP contribution is -2.19. The highest BCUT2D eigenvalue weighted by Crippen LogP contribution is 2.25. The van der Waals surface area contributed by atoms with Crippen molar-refractivity contribution in [2.45, 2.75) is 31.8 Å². The number of ether oxygens (including phenoxy) is 2. The van der Waals surface area contributed by atoms with Crippen molar-refractivity contribution < 1.29 is 14.3 Å². The van der Waals surface area contributed by atoms with Crippen molar-refractivity contribution >= 4 is 17.4 Å². The van der Waals surface area contributed by atoms with Crippen LogP contribution in [0.3, 0.4) is 0 Å². The maximum Gasteiger partial charge on any atom is 0.318 e. The van der Waals surface area contributed by atoms with Gasteiger partial charge in [-0.25, -0.2) is 9.97 Å². The van der Waals surface area contributed by atoms with Gasteiger partial charge in [-0.3, -0.25) is 4.79 Å². The van der Waals surface area contributed by atoms with Crippen LogP contribution >= 0.6 is 0 Å². The summed E-state index contributed by atoms with van der Waals surface area (Å²) < 4.78 is 10.9. The number of pyridine rings is 1. The molecule has 0 unspecified atom stereocenters. The van der Waals surface area contributed by atoms with Crippen LogP contribution in [-0.4, -0.2) is 48.2 Å². The standard InChI is InChI=1S/C18H23N5O3/c1-23(2)16-14(11-20-18(22-16)25-3)21-17(24)12-8-9-15(19-10-12)26-13-6-4-5-7-13/h8-11,13H,4-7H2,1-3H3,(H,21,24). The number of rotatable bonds is 6. The zero-order chi connectivity index (χ0) is 18.5. The molecule has 0 aliphatic heterocycles. The first-order chi connectivity index (χ1) is 12.6. The molecule has 0 aromatic carbocycles. The van der Waals surface area contributed by atoms with E-state index in [1.54, 1.807) is 17.0 Å². The van der Waals surface area contributed by atoms with Gasteiger partial charge in [0.1, 0.15) is 11.8 Å². The highest BCUT2D eigenvalue weighted by Gasteiger charge is 2.18. The maximum atomic E-state index is 12.5. The first kappa shape index (κ1) is 17.9. The number of nitrogens with one attached hydrogen (secondary N) is 1. The van der Waals surface area contributed by atoms with E-state index in [-0.39, 0.29) is 18.0 Å². The Morgan fingerprint density at radius 3 is 2.58 bits per heavy atom. The van der Waals surface area contributed by atoms with Crippen molar-refractivity contribution in [2.75, 3.05) is 31.4 Å². The van der Waals surface area contributed by atoms with E-state index in [0.29, 0.717) is 22.9 Å². The van der Waals surface area contributed by atoms with Gasteiger partial charge in [0.15, 0.2) is 5.82 Å². The predicted molar refractivity (Wildman–Crippen MR) is 98.0 cm³/mol. The number of hydrogen-bond acceptors (Lipinski definition) is 7. The molecule has 138 valence electrons. The first-order valence-corrected chi connectivity index (χ1v) is 8.59. The van der Waals surface area contributed by atoms with Gasteiger partial charge in [0, 0.05) is 26.4 Å². The van der Waals surface area contributed by atoms with Gasteiger partial charge in [0.2, 0.25) is 5.88 Å². The van der Waals surface area contributed by atoms with Crippen molar-refractivity contribution in [3.05, 3.63) is 30.1 Å². The smallest absolute Gasteiger partial charge is 0.318 e. The molecule has 0 atom stereocenters. The topological polar surface area (TPSA) is 89.5 Å². The second-order valence-corrected chi connectivity index (χ2v) is 6.35. The first-order valence-electron chi connectivity index (χ1n) is 8.59. The van der Waals surface area contributed by atoms with Crippen molar-refractivity contribution in [3.63, 3.8) is 0 Å². The molecule has 2 aromatic heterocycles. The van der Waals surface area contributed by atoms with Crippen LogP contribution in [0.2, 0.25) is 0 Å². The fourth-order valence-electron chi connectivity index (χ4n) is 2.84. The minimum absolute atomic E-state index is 0.237.